The van der Waals surface area contributed by atoms with Crippen LogP contribution in [0.3, 0.4) is 0 Å². The van der Waals surface area contributed by atoms with Crippen molar-refractivity contribution in [2.24, 2.45) is 0 Å². The number of halogens is 1. The molecule has 3 aliphatic heterocycles. The molecule has 1 amide bonds. The second-order valence-corrected chi connectivity index (χ2v) is 6.75. The number of hydrogen-bond donors (Lipinski definition) is 0. The molecule has 0 radical (unpaired) electrons. The van der Waals surface area contributed by atoms with Gasteiger partial charge in [-0.1, -0.05) is 0 Å². The van der Waals surface area contributed by atoms with Crippen LogP contribution in [0.15, 0.2) is 35.3 Å². The Morgan fingerprint density at radius 1 is 1.39 bits per heavy atom. The first-order valence-electron chi connectivity index (χ1n) is 8.74. The van der Waals surface area contributed by atoms with Gasteiger partial charge in [0.05, 0.1) is 11.7 Å². The minimum atomic E-state index is -0.531. The second-order valence-electron chi connectivity index (χ2n) is 6.75. The number of fused-ring (bicyclic) bond motifs is 7. The third kappa shape index (κ3) is 2.02. The number of rotatable bonds is 3. The summed E-state index contributed by atoms with van der Waals surface area (Å²) in [6.07, 6.45) is 4.11. The average Bonchev–Trinajstić information content (AvgIpc) is 3.45. The Labute approximate surface area is 157 Å². The molecule has 2 aromatic heterocycles. The number of anilines is 1. The summed E-state index contributed by atoms with van der Waals surface area (Å²) in [5, 5.41) is 3.68. The Morgan fingerprint density at radius 3 is 3.18 bits per heavy atom. The Bertz CT molecular complexity index is 1100. The molecule has 142 valence electrons. The zero-order valence-electron chi connectivity index (χ0n) is 14.4. The molecule has 3 aromatic rings. The highest BCUT2D eigenvalue weighted by Crippen LogP contribution is 2.48. The first-order valence-corrected chi connectivity index (χ1v) is 8.74. The van der Waals surface area contributed by atoms with E-state index in [-0.39, 0.29) is 19.3 Å². The summed E-state index contributed by atoms with van der Waals surface area (Å²) in [5.41, 5.74) is 1.57. The zero-order chi connectivity index (χ0) is 18.8. The van der Waals surface area contributed by atoms with Crippen LogP contribution in [0.25, 0.3) is 5.69 Å². The number of cyclic esters (lactones) is 1. The van der Waals surface area contributed by atoms with Crippen LogP contribution in [0.2, 0.25) is 0 Å². The van der Waals surface area contributed by atoms with Crippen LogP contribution in [0, 0.1) is 5.82 Å². The van der Waals surface area contributed by atoms with E-state index in [1.165, 1.54) is 17.2 Å². The zero-order valence-corrected chi connectivity index (χ0v) is 14.4. The van der Waals surface area contributed by atoms with Gasteiger partial charge in [-0.3, -0.25) is 9.47 Å². The Balaban J connectivity index is 1.37. The molecule has 1 saturated heterocycles. The SMILES string of the molecule is O=C1OC(COc2ccon2)[C@@H]2Cc3c(cc(F)c4c3OCc3nccn3-4)N12. The molecule has 1 aromatic carbocycles. The molecule has 1 fully saturated rings. The molecule has 2 atom stereocenters. The van der Waals surface area contributed by atoms with Crippen LogP contribution < -0.4 is 14.4 Å². The van der Waals surface area contributed by atoms with E-state index in [0.29, 0.717) is 35.2 Å². The van der Waals surface area contributed by atoms with E-state index in [1.807, 2.05) is 0 Å². The van der Waals surface area contributed by atoms with E-state index in [2.05, 4.69) is 10.1 Å². The van der Waals surface area contributed by atoms with Gasteiger partial charge in [-0.05, 0) is 5.16 Å². The molecule has 0 aliphatic carbocycles. The van der Waals surface area contributed by atoms with Gasteiger partial charge in [0.2, 0.25) is 0 Å². The maximum Gasteiger partial charge on any atom is 0.415 e. The number of ether oxygens (including phenoxy) is 3. The predicted molar refractivity (Wildman–Crippen MR) is 90.1 cm³/mol. The average molecular weight is 384 g/mol. The van der Waals surface area contributed by atoms with Gasteiger partial charge in [-0.15, -0.1) is 0 Å². The number of carbonyl (C=O) groups is 1. The van der Waals surface area contributed by atoms with Gasteiger partial charge in [0.15, 0.2) is 23.5 Å². The van der Waals surface area contributed by atoms with Crippen molar-refractivity contribution >= 4 is 11.8 Å². The van der Waals surface area contributed by atoms with E-state index in [9.17, 15) is 9.18 Å². The monoisotopic (exact) mass is 384 g/mol. The normalized spacial score (nSPS) is 21.5. The molecule has 0 N–H and O–H groups in total. The summed E-state index contributed by atoms with van der Waals surface area (Å²) in [5.74, 6) is 0.898. The smallest absolute Gasteiger partial charge is 0.415 e. The lowest BCUT2D eigenvalue weighted by Crippen LogP contribution is -2.36. The van der Waals surface area contributed by atoms with Crippen LogP contribution in [0.5, 0.6) is 11.6 Å². The fraction of sp³-hybridized carbons (Fsp3) is 0.278. The van der Waals surface area contributed by atoms with E-state index < -0.39 is 18.0 Å². The Morgan fingerprint density at radius 2 is 2.32 bits per heavy atom. The van der Waals surface area contributed by atoms with Gasteiger partial charge in [0.25, 0.3) is 5.88 Å². The van der Waals surface area contributed by atoms with Crippen molar-refractivity contribution in [2.45, 2.75) is 25.2 Å². The third-order valence-electron chi connectivity index (χ3n) is 5.28. The Hall–Kier alpha value is -3.56. The van der Waals surface area contributed by atoms with E-state index in [4.69, 9.17) is 18.7 Å². The summed E-state index contributed by atoms with van der Waals surface area (Å²) in [6, 6.07) is 2.61. The predicted octanol–water partition coefficient (Wildman–Crippen LogP) is 2.22. The fourth-order valence-corrected chi connectivity index (χ4v) is 4.08. The molecule has 0 bridgehead atoms. The summed E-state index contributed by atoms with van der Waals surface area (Å²) in [4.78, 5) is 18.1. The molecule has 1 unspecified atom stereocenters. The maximum absolute atomic E-state index is 14.9. The van der Waals surface area contributed by atoms with Gasteiger partial charge in [-0.2, -0.15) is 0 Å². The summed E-state index contributed by atoms with van der Waals surface area (Å²) in [7, 11) is 0. The van der Waals surface area contributed by atoms with E-state index in [0.717, 1.165) is 5.56 Å². The molecule has 9 nitrogen and oxygen atoms in total. The minimum absolute atomic E-state index is 0.116. The maximum atomic E-state index is 14.9. The van der Waals surface area contributed by atoms with E-state index >= 15 is 0 Å². The van der Waals surface area contributed by atoms with E-state index in [1.54, 1.807) is 23.0 Å². The first-order chi connectivity index (χ1) is 13.7. The van der Waals surface area contributed by atoms with Gasteiger partial charge in [0, 0.05) is 36.5 Å². The lowest BCUT2D eigenvalue weighted by molar-refractivity contribution is 0.0885. The number of hydrogen-bond acceptors (Lipinski definition) is 7. The van der Waals surface area contributed by atoms with Crippen LogP contribution in [0.1, 0.15) is 11.4 Å². The molecule has 0 saturated carbocycles. The number of amides is 1. The quantitative estimate of drug-likeness (QED) is 0.684. The molecule has 28 heavy (non-hydrogen) atoms. The molecular formula is C18H13FN4O5. The third-order valence-corrected chi connectivity index (χ3v) is 5.28. The summed E-state index contributed by atoms with van der Waals surface area (Å²) in [6.45, 7) is 0.355. The Kier molecular flexibility index (Phi) is 3.03. The largest absolute Gasteiger partial charge is 0.483 e. The van der Waals surface area contributed by atoms with Crippen LogP contribution >= 0.6 is 0 Å². The molecule has 0 spiro atoms. The second kappa shape index (κ2) is 5.47. The first kappa shape index (κ1) is 15.5. The highest BCUT2D eigenvalue weighted by atomic mass is 19.1. The van der Waals surface area contributed by atoms with Gasteiger partial charge in [-0.25, -0.2) is 14.2 Å². The van der Waals surface area contributed by atoms with Crippen LogP contribution in [-0.2, 0) is 17.8 Å². The standard InChI is InChI=1S/C18H13FN4O5/c19-10-6-11-9(17-16(10)22-3-2-20-14(22)8-26-17)5-12-13(28-18(24)23(11)12)7-25-15-1-4-27-21-15/h1-4,6,12-13H,5,7-8H2/t12-,13?/m0/s1. The minimum Gasteiger partial charge on any atom is -0.483 e. The number of benzene rings is 1. The van der Waals surface area contributed by atoms with Crippen molar-refractivity contribution in [1.82, 2.24) is 14.7 Å². The highest BCUT2D eigenvalue weighted by molar-refractivity contribution is 5.95. The lowest BCUT2D eigenvalue weighted by atomic mass is 10.0. The van der Waals surface area contributed by atoms with Crippen molar-refractivity contribution in [2.75, 3.05) is 11.5 Å². The fourth-order valence-electron chi connectivity index (χ4n) is 4.08. The van der Waals surface area contributed by atoms with Crippen molar-refractivity contribution in [3.63, 3.8) is 0 Å². The molecule has 10 heteroatoms. The van der Waals surface area contributed by atoms with Gasteiger partial charge in [0.1, 0.15) is 25.2 Å². The lowest BCUT2D eigenvalue weighted by Gasteiger charge is -2.23. The van der Waals surface area contributed by atoms with Gasteiger partial charge >= 0.3 is 6.09 Å². The highest BCUT2D eigenvalue weighted by Gasteiger charge is 2.50. The number of imidazole rings is 1. The number of aromatic nitrogens is 3. The molecule has 3 aliphatic rings. The molecule has 5 heterocycles. The molecule has 6 rings (SSSR count). The van der Waals surface area contributed by atoms with Crippen molar-refractivity contribution in [3.05, 3.63) is 48.0 Å². The van der Waals surface area contributed by atoms with Crippen molar-refractivity contribution < 1.29 is 27.9 Å². The number of nitrogens with zero attached hydrogens (tertiary/aromatic N) is 4. The van der Waals surface area contributed by atoms with Gasteiger partial charge < -0.3 is 18.7 Å². The van der Waals surface area contributed by atoms with Crippen molar-refractivity contribution in [1.29, 1.82) is 0 Å². The summed E-state index contributed by atoms with van der Waals surface area (Å²) >= 11 is 0. The van der Waals surface area contributed by atoms with Crippen LogP contribution in [0.4, 0.5) is 14.9 Å². The summed E-state index contributed by atoms with van der Waals surface area (Å²) < 4.78 is 38.2. The number of carbonyl (C=O) groups excluding carboxylic acids is 1. The van der Waals surface area contributed by atoms with Crippen molar-refractivity contribution in [3.8, 4) is 17.3 Å². The van der Waals surface area contributed by atoms with Crippen LogP contribution in [-0.4, -0.2) is 39.6 Å². The topological polar surface area (TPSA) is 91.9 Å². The molecular weight excluding hydrogens is 371 g/mol.